The van der Waals surface area contributed by atoms with E-state index in [0.29, 0.717) is 27.0 Å². The Labute approximate surface area is 186 Å². The molecule has 2 aliphatic rings. The van der Waals surface area contributed by atoms with E-state index in [9.17, 15) is 24.6 Å². The highest BCUT2D eigenvalue weighted by Crippen LogP contribution is 2.51. The molecule has 2 saturated heterocycles. The number of imide groups is 1. The van der Waals surface area contributed by atoms with Gasteiger partial charge >= 0.3 is 5.97 Å². The number of fused-ring (bicyclic) bond motifs is 1. The van der Waals surface area contributed by atoms with Crippen LogP contribution in [0.5, 0.6) is 5.75 Å². The van der Waals surface area contributed by atoms with Crippen LogP contribution in [0.3, 0.4) is 0 Å². The van der Waals surface area contributed by atoms with Gasteiger partial charge in [-0.15, -0.1) is 0 Å². The third kappa shape index (κ3) is 3.07. The summed E-state index contributed by atoms with van der Waals surface area (Å²) in [7, 11) is 1.47. The van der Waals surface area contributed by atoms with Gasteiger partial charge in [0.05, 0.1) is 31.2 Å². The van der Waals surface area contributed by atoms with Crippen LogP contribution in [0.1, 0.15) is 17.2 Å². The van der Waals surface area contributed by atoms with Crippen LogP contribution in [0.15, 0.2) is 46.9 Å². The number of carbonyl (C=O) groups is 3. The lowest BCUT2D eigenvalue weighted by Gasteiger charge is -2.29. The Morgan fingerprint density at radius 3 is 2.55 bits per heavy atom. The average Bonchev–Trinajstić information content (AvgIpc) is 3.23. The molecule has 4 unspecified atom stereocenters. The maximum absolute atomic E-state index is 13.6. The van der Waals surface area contributed by atoms with Crippen LogP contribution >= 0.6 is 15.9 Å². The molecule has 2 fully saturated rings. The number of benzene rings is 2. The van der Waals surface area contributed by atoms with Gasteiger partial charge in [0.25, 0.3) is 0 Å². The molecule has 8 nitrogen and oxygen atoms in total. The zero-order valence-corrected chi connectivity index (χ0v) is 18.4. The summed E-state index contributed by atoms with van der Waals surface area (Å²) < 4.78 is 6.14. The highest BCUT2D eigenvalue weighted by Gasteiger charge is 2.69. The summed E-state index contributed by atoms with van der Waals surface area (Å²) in [5, 5.41) is 23.1. The molecular formula is C22H21BrN2O6. The van der Waals surface area contributed by atoms with Crippen LogP contribution in [0.25, 0.3) is 0 Å². The quantitative estimate of drug-likeness (QED) is 0.551. The van der Waals surface area contributed by atoms with E-state index in [1.807, 2.05) is 0 Å². The lowest BCUT2D eigenvalue weighted by atomic mass is 9.79. The SMILES string of the molecule is COc1ccc(Br)cc1C1NC(CO)(C(=O)O)C2C(=O)N(c3ccccc3C)C(=O)C12. The number of rotatable bonds is 5. The first-order valence-electron chi connectivity index (χ1n) is 9.65. The first kappa shape index (κ1) is 21.5. The van der Waals surface area contributed by atoms with Gasteiger partial charge in [-0.3, -0.25) is 19.7 Å². The molecule has 0 bridgehead atoms. The lowest BCUT2D eigenvalue weighted by molar-refractivity contribution is -0.150. The number of nitrogens with one attached hydrogen (secondary N) is 1. The Bertz CT molecular complexity index is 1090. The third-order valence-electron chi connectivity index (χ3n) is 6.17. The number of carboxylic acids is 1. The number of aliphatic hydroxyl groups excluding tert-OH is 1. The molecule has 2 aromatic rings. The highest BCUT2D eigenvalue weighted by molar-refractivity contribution is 9.10. The molecule has 2 heterocycles. The normalized spacial score (nSPS) is 27.5. The summed E-state index contributed by atoms with van der Waals surface area (Å²) in [5.74, 6) is -4.43. The van der Waals surface area contributed by atoms with Crippen LogP contribution < -0.4 is 15.0 Å². The van der Waals surface area contributed by atoms with Crippen molar-refractivity contribution in [3.05, 3.63) is 58.1 Å². The van der Waals surface area contributed by atoms with Crippen LogP contribution in [-0.2, 0) is 14.4 Å². The minimum Gasteiger partial charge on any atom is -0.496 e. The van der Waals surface area contributed by atoms with E-state index in [1.54, 1.807) is 49.4 Å². The Hall–Kier alpha value is -2.75. The lowest BCUT2D eigenvalue weighted by Crippen LogP contribution is -2.58. The summed E-state index contributed by atoms with van der Waals surface area (Å²) in [6.07, 6.45) is 0. The highest BCUT2D eigenvalue weighted by atomic mass is 79.9. The van der Waals surface area contributed by atoms with E-state index in [4.69, 9.17) is 4.74 Å². The zero-order chi connectivity index (χ0) is 22.5. The summed E-state index contributed by atoms with van der Waals surface area (Å²) >= 11 is 3.39. The molecule has 9 heteroatoms. The second-order valence-corrected chi connectivity index (χ2v) is 8.66. The molecule has 0 saturated carbocycles. The second kappa shape index (κ2) is 7.74. The van der Waals surface area contributed by atoms with Gasteiger partial charge in [-0.25, -0.2) is 4.90 Å². The van der Waals surface area contributed by atoms with Gasteiger partial charge in [0.1, 0.15) is 5.75 Å². The van der Waals surface area contributed by atoms with Crippen molar-refractivity contribution in [3.63, 3.8) is 0 Å². The fourth-order valence-corrected chi connectivity index (χ4v) is 5.06. The Kier molecular flexibility index (Phi) is 5.36. The number of aliphatic hydroxyl groups is 1. The van der Waals surface area contributed by atoms with E-state index >= 15 is 0 Å². The summed E-state index contributed by atoms with van der Waals surface area (Å²) in [6.45, 7) is 0.921. The van der Waals surface area contributed by atoms with Crippen molar-refractivity contribution in [2.45, 2.75) is 18.5 Å². The number of methoxy groups -OCH3 is 1. The molecular weight excluding hydrogens is 468 g/mol. The number of carbonyl (C=O) groups excluding carboxylic acids is 2. The van der Waals surface area contributed by atoms with Gasteiger partial charge < -0.3 is 14.9 Å². The van der Waals surface area contributed by atoms with Crippen LogP contribution in [0.4, 0.5) is 5.69 Å². The van der Waals surface area contributed by atoms with Crippen LogP contribution in [0.2, 0.25) is 0 Å². The molecule has 2 aromatic carbocycles. The number of nitrogens with zero attached hydrogens (tertiary/aromatic N) is 1. The zero-order valence-electron chi connectivity index (χ0n) is 16.8. The van der Waals surface area contributed by atoms with Gasteiger partial charge in [-0.1, -0.05) is 34.1 Å². The molecule has 4 rings (SSSR count). The van der Waals surface area contributed by atoms with E-state index in [1.165, 1.54) is 7.11 Å². The van der Waals surface area contributed by atoms with Crippen molar-refractivity contribution in [2.24, 2.45) is 11.8 Å². The number of para-hydroxylation sites is 1. The number of halogens is 1. The van der Waals surface area contributed by atoms with Crippen LogP contribution in [0, 0.1) is 18.8 Å². The smallest absolute Gasteiger partial charge is 0.327 e. The third-order valence-corrected chi connectivity index (χ3v) is 6.66. The molecule has 162 valence electrons. The predicted octanol–water partition coefficient (Wildman–Crippen LogP) is 2.03. The number of carboxylic acid groups (broad SMARTS) is 1. The van der Waals surface area contributed by atoms with Crippen molar-refractivity contribution >= 4 is 39.4 Å². The van der Waals surface area contributed by atoms with Gasteiger partial charge in [-0.2, -0.15) is 0 Å². The number of anilines is 1. The van der Waals surface area contributed by atoms with E-state index in [0.717, 1.165) is 4.90 Å². The number of aliphatic carboxylic acids is 1. The maximum atomic E-state index is 13.6. The summed E-state index contributed by atoms with van der Waals surface area (Å²) in [4.78, 5) is 40.4. The molecule has 3 N–H and O–H groups in total. The molecule has 4 atom stereocenters. The molecule has 2 aliphatic heterocycles. The van der Waals surface area contributed by atoms with Crippen LogP contribution in [-0.4, -0.2) is 47.3 Å². The summed E-state index contributed by atoms with van der Waals surface area (Å²) in [6, 6.07) is 11.2. The molecule has 0 spiro atoms. The van der Waals surface area contributed by atoms with E-state index in [2.05, 4.69) is 21.2 Å². The van der Waals surface area contributed by atoms with Crippen molar-refractivity contribution in [2.75, 3.05) is 18.6 Å². The Balaban J connectivity index is 1.91. The van der Waals surface area contributed by atoms with Gasteiger partial charge in [-0.05, 0) is 36.8 Å². The molecule has 2 amide bonds. The average molecular weight is 489 g/mol. The maximum Gasteiger partial charge on any atom is 0.327 e. The van der Waals surface area contributed by atoms with E-state index in [-0.39, 0.29) is 0 Å². The number of hydrogen-bond acceptors (Lipinski definition) is 6. The minimum atomic E-state index is -2.01. The molecule has 0 aromatic heterocycles. The summed E-state index contributed by atoms with van der Waals surface area (Å²) in [5.41, 5.74) is -0.369. The molecule has 31 heavy (non-hydrogen) atoms. The number of aryl methyl sites for hydroxylation is 1. The van der Waals surface area contributed by atoms with Gasteiger partial charge in [0.15, 0.2) is 5.54 Å². The number of amides is 2. The van der Waals surface area contributed by atoms with Crippen molar-refractivity contribution in [1.82, 2.24) is 5.32 Å². The fourth-order valence-electron chi connectivity index (χ4n) is 4.68. The van der Waals surface area contributed by atoms with Gasteiger partial charge in [0.2, 0.25) is 11.8 Å². The molecule has 0 radical (unpaired) electrons. The monoisotopic (exact) mass is 488 g/mol. The largest absolute Gasteiger partial charge is 0.496 e. The second-order valence-electron chi connectivity index (χ2n) is 7.74. The van der Waals surface area contributed by atoms with E-state index < -0.39 is 47.8 Å². The minimum absolute atomic E-state index is 0.407. The number of hydrogen-bond donors (Lipinski definition) is 3. The fraction of sp³-hybridized carbons (Fsp3) is 0.318. The molecule has 0 aliphatic carbocycles. The Morgan fingerprint density at radius 2 is 1.94 bits per heavy atom. The van der Waals surface area contributed by atoms with Crippen molar-refractivity contribution < 1.29 is 29.3 Å². The number of ether oxygens (including phenoxy) is 1. The Morgan fingerprint density at radius 1 is 1.23 bits per heavy atom. The first-order chi connectivity index (χ1) is 14.8. The standard InChI is InChI=1S/C22H21BrN2O6/c1-11-5-3-4-6-14(11)25-19(27)16-17(20(25)28)22(10-26,21(29)30)24-18(16)13-9-12(23)7-8-15(13)31-2/h3-9,16-18,24,26H,10H2,1-2H3,(H,29,30). The van der Waals surface area contributed by atoms with Crippen molar-refractivity contribution in [1.29, 1.82) is 0 Å². The topological polar surface area (TPSA) is 116 Å². The first-order valence-corrected chi connectivity index (χ1v) is 10.4. The predicted molar refractivity (Wildman–Crippen MR) is 115 cm³/mol. The van der Waals surface area contributed by atoms with Crippen molar-refractivity contribution in [3.8, 4) is 5.75 Å². The van der Waals surface area contributed by atoms with Gasteiger partial charge in [0, 0.05) is 16.1 Å².